The second-order valence-electron chi connectivity index (χ2n) is 9.52. The van der Waals surface area contributed by atoms with Crippen LogP contribution in [-0.4, -0.2) is 60.8 Å². The van der Waals surface area contributed by atoms with Crippen LogP contribution in [0.2, 0.25) is 6.04 Å². The molecule has 1 unspecified atom stereocenters. The van der Waals surface area contributed by atoms with Crippen LogP contribution in [0.25, 0.3) is 0 Å². The molecule has 4 nitrogen and oxygen atoms in total. The number of halogens is 1. The lowest BCUT2D eigenvalue weighted by Gasteiger charge is -2.39. The van der Waals surface area contributed by atoms with Gasteiger partial charge in [-0.05, 0) is 51.4 Å². The average molecular weight is 496 g/mol. The summed E-state index contributed by atoms with van der Waals surface area (Å²) in [5, 5.41) is 0. The van der Waals surface area contributed by atoms with Crippen LogP contribution in [0.3, 0.4) is 0 Å². The van der Waals surface area contributed by atoms with Crippen LogP contribution in [0.5, 0.6) is 0 Å². The van der Waals surface area contributed by atoms with Crippen LogP contribution in [0.4, 0.5) is 0 Å². The van der Waals surface area contributed by atoms with Gasteiger partial charge in [0, 0.05) is 27.4 Å². The fraction of sp³-hybridized carbons (Fsp3) is 1.00. The molecule has 0 rings (SSSR count). The Labute approximate surface area is 209 Å². The Morgan fingerprint density at radius 1 is 0.469 bits per heavy atom. The van der Waals surface area contributed by atoms with Gasteiger partial charge in [-0.3, -0.25) is 0 Å². The zero-order chi connectivity index (χ0) is 23.3. The molecule has 0 radical (unpaired) electrons. The van der Waals surface area contributed by atoms with E-state index in [-0.39, 0.29) is 12.4 Å². The molecule has 0 heterocycles. The highest BCUT2D eigenvalue weighted by atomic mass is 35.5. The summed E-state index contributed by atoms with van der Waals surface area (Å²) in [6.07, 6.45) is 20.4. The molecule has 32 heavy (non-hydrogen) atoms. The topological polar surface area (TPSA) is 27.7 Å². The van der Waals surface area contributed by atoms with Gasteiger partial charge in [-0.1, -0.05) is 65.7 Å². The Morgan fingerprint density at radius 2 is 0.844 bits per heavy atom. The monoisotopic (exact) mass is 495 g/mol. The van der Waals surface area contributed by atoms with Crippen LogP contribution in [0, 0.1) is 0 Å². The first-order valence-corrected chi connectivity index (χ1v) is 15.5. The number of unbranched alkanes of at least 4 members (excludes halogenated alkanes) is 11. The van der Waals surface area contributed by atoms with E-state index in [2.05, 4.69) is 20.8 Å². The van der Waals surface area contributed by atoms with E-state index >= 15 is 0 Å². The highest BCUT2D eigenvalue weighted by Gasteiger charge is 2.36. The zero-order valence-electron chi connectivity index (χ0n) is 22.7. The average Bonchev–Trinajstić information content (AvgIpc) is 2.79. The maximum Gasteiger partial charge on any atom is 0.500 e. The van der Waals surface area contributed by atoms with Gasteiger partial charge < -0.3 is 30.2 Å². The van der Waals surface area contributed by atoms with Crippen molar-refractivity contribution in [1.82, 2.24) is 0 Å². The van der Waals surface area contributed by atoms with Crippen molar-refractivity contribution in [2.24, 2.45) is 0 Å². The van der Waals surface area contributed by atoms with Gasteiger partial charge in [0.15, 0.2) is 0 Å². The summed E-state index contributed by atoms with van der Waals surface area (Å²) in [5.74, 6) is 0. The van der Waals surface area contributed by atoms with E-state index in [1.165, 1.54) is 121 Å². The normalized spacial score (nSPS) is 13.7. The predicted octanol–water partition coefficient (Wildman–Crippen LogP) is 4.60. The lowest BCUT2D eigenvalue weighted by molar-refractivity contribution is -0.929. The van der Waals surface area contributed by atoms with Crippen molar-refractivity contribution in [3.63, 3.8) is 0 Å². The molecular formula is C26H58ClNO3Si. The van der Waals surface area contributed by atoms with Crippen LogP contribution in [0.1, 0.15) is 117 Å². The molecule has 0 spiro atoms. The van der Waals surface area contributed by atoms with Crippen molar-refractivity contribution in [2.75, 3.05) is 47.5 Å². The molecule has 196 valence electrons. The summed E-state index contributed by atoms with van der Waals surface area (Å²) in [4.78, 5) is 0. The van der Waals surface area contributed by atoms with Crippen LogP contribution in [-0.2, 0) is 13.3 Å². The van der Waals surface area contributed by atoms with E-state index in [1.807, 2.05) is 0 Å². The quantitative estimate of drug-likeness (QED) is 0.111. The molecule has 0 saturated carbocycles. The van der Waals surface area contributed by atoms with Crippen LogP contribution < -0.4 is 12.4 Å². The number of rotatable bonds is 24. The van der Waals surface area contributed by atoms with Gasteiger partial charge in [0.05, 0.1) is 26.2 Å². The maximum absolute atomic E-state index is 5.59. The number of quaternary nitrogens is 1. The molecule has 0 aliphatic rings. The molecule has 0 amide bonds. The minimum atomic E-state index is -2.40. The van der Waals surface area contributed by atoms with Gasteiger partial charge in [0.25, 0.3) is 0 Å². The van der Waals surface area contributed by atoms with E-state index in [1.54, 1.807) is 21.3 Å². The summed E-state index contributed by atoms with van der Waals surface area (Å²) in [6.45, 7) is 12.5. The second kappa shape index (κ2) is 23.1. The second-order valence-corrected chi connectivity index (χ2v) is 12.6. The molecule has 0 N–H and O–H groups in total. The number of nitrogens with zero attached hydrogens (tertiary/aromatic N) is 1. The number of hydrogen-bond donors (Lipinski definition) is 0. The van der Waals surface area contributed by atoms with Crippen molar-refractivity contribution in [3.8, 4) is 0 Å². The summed E-state index contributed by atoms with van der Waals surface area (Å²) in [7, 11) is 2.76. The van der Waals surface area contributed by atoms with Gasteiger partial charge in [-0.2, -0.15) is 0 Å². The van der Waals surface area contributed by atoms with Crippen molar-refractivity contribution in [3.05, 3.63) is 0 Å². The van der Waals surface area contributed by atoms with Crippen LogP contribution >= 0.6 is 0 Å². The van der Waals surface area contributed by atoms with E-state index < -0.39 is 8.80 Å². The molecule has 0 aromatic heterocycles. The minimum absolute atomic E-state index is 0. The zero-order valence-corrected chi connectivity index (χ0v) is 24.4. The van der Waals surface area contributed by atoms with Gasteiger partial charge in [-0.15, -0.1) is 0 Å². The standard InChI is InChI=1S/C26H58NO3Si.ClH/c1-7-10-12-13-14-15-16-19-24-27(22-9-3,23-18-11-8-2)25-20-17-21-26-31(28-4,29-5)30-6;/h7-26H2,1-6H3;1H/q+1;/p-1. The molecule has 0 bridgehead atoms. The molecule has 0 saturated heterocycles. The summed E-state index contributed by atoms with van der Waals surface area (Å²) < 4.78 is 18.1. The number of hydrogen-bond acceptors (Lipinski definition) is 3. The third kappa shape index (κ3) is 16.1. The lowest BCUT2D eigenvalue weighted by Crippen LogP contribution is -3.00. The Morgan fingerprint density at radius 3 is 1.28 bits per heavy atom. The summed E-state index contributed by atoms with van der Waals surface area (Å²) >= 11 is 0. The highest BCUT2D eigenvalue weighted by molar-refractivity contribution is 6.60. The largest absolute Gasteiger partial charge is 1.00 e. The SMILES string of the molecule is CCCCCCCCCC[N+](CCC)(CCCCC)CCCCC[Si](OC)(OC)OC.[Cl-]. The smallest absolute Gasteiger partial charge is 0.500 e. The first-order valence-electron chi connectivity index (χ1n) is 13.6. The van der Waals surface area contributed by atoms with E-state index in [9.17, 15) is 0 Å². The van der Waals surface area contributed by atoms with Crippen molar-refractivity contribution >= 4 is 8.80 Å². The molecule has 1 atom stereocenters. The fourth-order valence-corrected chi connectivity index (χ4v) is 6.74. The molecule has 6 heteroatoms. The third-order valence-electron chi connectivity index (χ3n) is 6.97. The first-order chi connectivity index (χ1) is 15.1. The molecule has 0 aliphatic heterocycles. The summed E-state index contributed by atoms with van der Waals surface area (Å²) in [6, 6.07) is 0.929. The van der Waals surface area contributed by atoms with Crippen molar-refractivity contribution in [1.29, 1.82) is 0 Å². The summed E-state index contributed by atoms with van der Waals surface area (Å²) in [5.41, 5.74) is 0. The van der Waals surface area contributed by atoms with Crippen molar-refractivity contribution in [2.45, 2.75) is 123 Å². The van der Waals surface area contributed by atoms with E-state index in [0.29, 0.717) is 0 Å². The lowest BCUT2D eigenvalue weighted by atomic mass is 10.1. The first kappa shape index (κ1) is 34.5. The third-order valence-corrected chi connectivity index (χ3v) is 9.80. The maximum atomic E-state index is 5.59. The van der Waals surface area contributed by atoms with Gasteiger partial charge in [-0.25, -0.2) is 0 Å². The fourth-order valence-electron chi connectivity index (χ4n) is 4.95. The Hall–Kier alpha value is 0.347. The predicted molar refractivity (Wildman–Crippen MR) is 138 cm³/mol. The molecule has 0 fully saturated rings. The highest BCUT2D eigenvalue weighted by Crippen LogP contribution is 2.21. The Bertz CT molecular complexity index is 378. The molecule has 0 aromatic rings. The minimum Gasteiger partial charge on any atom is -1.00 e. The molecule has 0 aromatic carbocycles. The van der Waals surface area contributed by atoms with Crippen molar-refractivity contribution < 1.29 is 30.2 Å². The van der Waals surface area contributed by atoms with E-state index in [4.69, 9.17) is 13.3 Å². The Balaban J connectivity index is 0. The molecular weight excluding hydrogens is 438 g/mol. The van der Waals surface area contributed by atoms with Gasteiger partial charge in [0.2, 0.25) is 0 Å². The van der Waals surface area contributed by atoms with Gasteiger partial charge in [0.1, 0.15) is 0 Å². The Kier molecular flexibility index (Phi) is 24.9. The molecule has 0 aliphatic carbocycles. The van der Waals surface area contributed by atoms with Gasteiger partial charge >= 0.3 is 8.80 Å². The van der Waals surface area contributed by atoms with E-state index in [0.717, 1.165) is 12.5 Å². The van der Waals surface area contributed by atoms with Crippen LogP contribution in [0.15, 0.2) is 0 Å².